The van der Waals surface area contributed by atoms with Crippen LogP contribution in [0.1, 0.15) is 59.3 Å². The molecule has 0 amide bonds. The van der Waals surface area contributed by atoms with Crippen LogP contribution in [0.15, 0.2) is 0 Å². The highest BCUT2D eigenvalue weighted by atomic mass is 16.4. The lowest BCUT2D eigenvalue weighted by Crippen LogP contribution is -2.49. The van der Waals surface area contributed by atoms with Crippen molar-refractivity contribution in [1.29, 1.82) is 0 Å². The van der Waals surface area contributed by atoms with Gasteiger partial charge in [-0.3, -0.25) is 4.79 Å². The van der Waals surface area contributed by atoms with Gasteiger partial charge in [-0.1, -0.05) is 33.6 Å². The number of carbonyl (C=O) groups is 1. The summed E-state index contributed by atoms with van der Waals surface area (Å²) in [6.07, 6.45) is 4.90. The Morgan fingerprint density at radius 1 is 1.38 bits per heavy atom. The van der Waals surface area contributed by atoms with E-state index in [1.807, 2.05) is 20.8 Å². The zero-order valence-electron chi connectivity index (χ0n) is 10.6. The zero-order valence-corrected chi connectivity index (χ0v) is 10.6. The van der Waals surface area contributed by atoms with Crippen molar-refractivity contribution < 1.29 is 15.0 Å². The van der Waals surface area contributed by atoms with E-state index in [0.717, 1.165) is 25.7 Å². The highest BCUT2D eigenvalue weighted by Gasteiger charge is 2.54. The SMILES string of the molecule is CCCCC(C(=O)O)C1(O)CCCC1(C)C. The molecular formula is C13H24O3. The molecule has 2 N–H and O–H groups in total. The summed E-state index contributed by atoms with van der Waals surface area (Å²) < 4.78 is 0. The molecule has 0 aromatic heterocycles. The second kappa shape index (κ2) is 4.74. The number of carboxylic acids is 1. The molecule has 0 saturated heterocycles. The molecule has 1 fully saturated rings. The van der Waals surface area contributed by atoms with E-state index < -0.39 is 17.5 Å². The first kappa shape index (κ1) is 13.5. The molecule has 1 rings (SSSR count). The Balaban J connectivity index is 2.88. The van der Waals surface area contributed by atoms with Crippen LogP contribution in [0.5, 0.6) is 0 Å². The fourth-order valence-electron chi connectivity index (χ4n) is 2.98. The Labute approximate surface area is 97.9 Å². The minimum Gasteiger partial charge on any atom is -0.481 e. The van der Waals surface area contributed by atoms with Crippen molar-refractivity contribution >= 4 is 5.97 Å². The number of unbranched alkanes of at least 4 members (excludes halogenated alkanes) is 1. The lowest BCUT2D eigenvalue weighted by atomic mass is 9.68. The van der Waals surface area contributed by atoms with Gasteiger partial charge in [0.25, 0.3) is 0 Å². The van der Waals surface area contributed by atoms with Gasteiger partial charge in [0.1, 0.15) is 0 Å². The summed E-state index contributed by atoms with van der Waals surface area (Å²) in [5.41, 5.74) is -1.29. The summed E-state index contributed by atoms with van der Waals surface area (Å²) in [6, 6.07) is 0. The Kier molecular flexibility index (Phi) is 4.00. The van der Waals surface area contributed by atoms with Gasteiger partial charge in [-0.15, -0.1) is 0 Å². The maximum Gasteiger partial charge on any atom is 0.309 e. The van der Waals surface area contributed by atoms with Crippen molar-refractivity contribution in [3.63, 3.8) is 0 Å². The third-order valence-corrected chi connectivity index (χ3v) is 4.25. The molecular weight excluding hydrogens is 204 g/mol. The lowest BCUT2D eigenvalue weighted by molar-refractivity contribution is -0.162. The molecule has 0 heterocycles. The highest BCUT2D eigenvalue weighted by molar-refractivity contribution is 5.71. The molecule has 0 aromatic carbocycles. The normalized spacial score (nSPS) is 30.2. The minimum atomic E-state index is -1.02. The monoisotopic (exact) mass is 228 g/mol. The zero-order chi connectivity index (χ0) is 12.4. The Bertz CT molecular complexity index is 260. The first-order valence-corrected chi connectivity index (χ1v) is 6.30. The van der Waals surface area contributed by atoms with Gasteiger partial charge in [0.05, 0.1) is 11.5 Å². The summed E-state index contributed by atoms with van der Waals surface area (Å²) in [7, 11) is 0. The molecule has 0 bridgehead atoms. The smallest absolute Gasteiger partial charge is 0.309 e. The van der Waals surface area contributed by atoms with Crippen molar-refractivity contribution in [3.05, 3.63) is 0 Å². The second-order valence-corrected chi connectivity index (χ2v) is 5.69. The third kappa shape index (κ3) is 2.24. The van der Waals surface area contributed by atoms with Gasteiger partial charge >= 0.3 is 5.97 Å². The van der Waals surface area contributed by atoms with Crippen LogP contribution in [0.25, 0.3) is 0 Å². The second-order valence-electron chi connectivity index (χ2n) is 5.69. The molecule has 0 spiro atoms. The van der Waals surface area contributed by atoms with Crippen LogP contribution in [0, 0.1) is 11.3 Å². The van der Waals surface area contributed by atoms with Gasteiger partial charge < -0.3 is 10.2 Å². The lowest BCUT2D eigenvalue weighted by Gasteiger charge is -2.41. The van der Waals surface area contributed by atoms with E-state index in [1.165, 1.54) is 0 Å². The molecule has 3 nitrogen and oxygen atoms in total. The molecule has 94 valence electrons. The fraction of sp³-hybridized carbons (Fsp3) is 0.923. The summed E-state index contributed by atoms with van der Waals surface area (Å²) >= 11 is 0. The van der Waals surface area contributed by atoms with Crippen LogP contribution in [-0.2, 0) is 4.79 Å². The standard InChI is InChI=1S/C13H24O3/c1-4-5-7-10(11(14)15)13(16)9-6-8-12(13,2)3/h10,16H,4-9H2,1-3H3,(H,14,15). The van der Waals surface area contributed by atoms with Gasteiger partial charge in [0.2, 0.25) is 0 Å². The average Bonchev–Trinajstić information content (AvgIpc) is 2.42. The number of hydrogen-bond acceptors (Lipinski definition) is 2. The number of carboxylic acid groups (broad SMARTS) is 1. The van der Waals surface area contributed by atoms with Gasteiger partial charge in [-0.2, -0.15) is 0 Å². The summed E-state index contributed by atoms with van der Waals surface area (Å²) in [4.78, 5) is 11.3. The Morgan fingerprint density at radius 3 is 2.38 bits per heavy atom. The molecule has 2 unspecified atom stereocenters. The molecule has 2 atom stereocenters. The average molecular weight is 228 g/mol. The first-order chi connectivity index (χ1) is 7.35. The molecule has 1 saturated carbocycles. The van der Waals surface area contributed by atoms with Crippen molar-refractivity contribution in [3.8, 4) is 0 Å². The Morgan fingerprint density at radius 2 is 2.00 bits per heavy atom. The third-order valence-electron chi connectivity index (χ3n) is 4.25. The van der Waals surface area contributed by atoms with Crippen LogP contribution >= 0.6 is 0 Å². The van der Waals surface area contributed by atoms with Crippen LogP contribution < -0.4 is 0 Å². The molecule has 3 heteroatoms. The number of rotatable bonds is 5. The summed E-state index contributed by atoms with van der Waals surface area (Å²) in [6.45, 7) is 6.02. The van der Waals surface area contributed by atoms with E-state index in [-0.39, 0.29) is 5.41 Å². The van der Waals surface area contributed by atoms with Crippen LogP contribution in [-0.4, -0.2) is 21.8 Å². The van der Waals surface area contributed by atoms with Crippen molar-refractivity contribution in [1.82, 2.24) is 0 Å². The van der Waals surface area contributed by atoms with E-state index in [0.29, 0.717) is 12.8 Å². The maximum absolute atomic E-state index is 11.3. The predicted molar refractivity (Wildman–Crippen MR) is 63.2 cm³/mol. The number of hydrogen-bond donors (Lipinski definition) is 2. The van der Waals surface area contributed by atoms with Gasteiger partial charge in [0.15, 0.2) is 0 Å². The van der Waals surface area contributed by atoms with Gasteiger partial charge in [-0.05, 0) is 31.1 Å². The summed E-state index contributed by atoms with van der Waals surface area (Å²) in [5.74, 6) is -1.45. The van der Waals surface area contributed by atoms with E-state index in [9.17, 15) is 15.0 Å². The summed E-state index contributed by atoms with van der Waals surface area (Å²) in [5, 5.41) is 20.0. The van der Waals surface area contributed by atoms with Gasteiger partial charge in [-0.25, -0.2) is 0 Å². The Hall–Kier alpha value is -0.570. The van der Waals surface area contributed by atoms with Gasteiger partial charge in [0, 0.05) is 0 Å². The fourth-order valence-corrected chi connectivity index (χ4v) is 2.98. The van der Waals surface area contributed by atoms with Crippen LogP contribution in [0.3, 0.4) is 0 Å². The van der Waals surface area contributed by atoms with E-state index in [2.05, 4.69) is 0 Å². The van der Waals surface area contributed by atoms with Crippen molar-refractivity contribution in [2.24, 2.45) is 11.3 Å². The maximum atomic E-state index is 11.3. The van der Waals surface area contributed by atoms with E-state index in [1.54, 1.807) is 0 Å². The molecule has 1 aliphatic rings. The number of aliphatic carboxylic acids is 1. The first-order valence-electron chi connectivity index (χ1n) is 6.30. The predicted octanol–water partition coefficient (Wildman–Crippen LogP) is 2.82. The van der Waals surface area contributed by atoms with E-state index in [4.69, 9.17) is 0 Å². The van der Waals surface area contributed by atoms with E-state index >= 15 is 0 Å². The van der Waals surface area contributed by atoms with Crippen molar-refractivity contribution in [2.75, 3.05) is 0 Å². The molecule has 1 aliphatic carbocycles. The topological polar surface area (TPSA) is 57.5 Å². The molecule has 0 radical (unpaired) electrons. The van der Waals surface area contributed by atoms with Crippen LogP contribution in [0.2, 0.25) is 0 Å². The molecule has 16 heavy (non-hydrogen) atoms. The quantitative estimate of drug-likeness (QED) is 0.760. The highest BCUT2D eigenvalue weighted by Crippen LogP contribution is 2.51. The van der Waals surface area contributed by atoms with Crippen LogP contribution in [0.4, 0.5) is 0 Å². The molecule has 0 aliphatic heterocycles. The largest absolute Gasteiger partial charge is 0.481 e. The number of aliphatic hydroxyl groups is 1. The molecule has 0 aromatic rings. The van der Waals surface area contributed by atoms with Crippen molar-refractivity contribution in [2.45, 2.75) is 64.9 Å². The minimum absolute atomic E-state index is 0.274.